The van der Waals surface area contributed by atoms with E-state index in [-0.39, 0.29) is 0 Å². The first-order chi connectivity index (χ1) is 10.1. The van der Waals surface area contributed by atoms with Gasteiger partial charge >= 0.3 is 143 Å². The fourth-order valence-electron chi connectivity index (χ4n) is 3.14. The first kappa shape index (κ1) is 16.7. The van der Waals surface area contributed by atoms with Crippen molar-refractivity contribution in [2.75, 3.05) is 0 Å². The minimum atomic E-state index is -2.01. The molecule has 0 atom stereocenters. The van der Waals surface area contributed by atoms with Gasteiger partial charge in [0.1, 0.15) is 0 Å². The van der Waals surface area contributed by atoms with Crippen LogP contribution in [-0.4, -0.2) is 41.3 Å². The van der Waals surface area contributed by atoms with Crippen molar-refractivity contribution < 1.29 is 0 Å². The molecule has 0 spiro atoms. The second-order valence-electron chi connectivity index (χ2n) is 8.52. The number of aromatic nitrogens is 1. The van der Waals surface area contributed by atoms with E-state index in [1.54, 1.807) is 7.16 Å². The quantitative estimate of drug-likeness (QED) is 0.454. The van der Waals surface area contributed by atoms with Crippen molar-refractivity contribution in [1.82, 2.24) is 4.57 Å². The van der Waals surface area contributed by atoms with Gasteiger partial charge in [0.05, 0.1) is 0 Å². The van der Waals surface area contributed by atoms with E-state index >= 15 is 0 Å². The van der Waals surface area contributed by atoms with Crippen LogP contribution in [0.2, 0.25) is 29.6 Å². The Morgan fingerprint density at radius 3 is 1.32 bits per heavy atom. The fourth-order valence-corrected chi connectivity index (χ4v) is 9.72. The van der Waals surface area contributed by atoms with Crippen LogP contribution in [0.15, 0.2) is 36.4 Å². The van der Waals surface area contributed by atoms with Crippen molar-refractivity contribution in [3.8, 4) is 0 Å². The summed E-state index contributed by atoms with van der Waals surface area (Å²) >= 11 is -4.03. The summed E-state index contributed by atoms with van der Waals surface area (Å²) in [4.78, 5) is 14.9. The van der Waals surface area contributed by atoms with Crippen molar-refractivity contribution in [2.45, 2.75) is 29.6 Å². The van der Waals surface area contributed by atoms with Gasteiger partial charge in [-0.05, 0) is 0 Å². The molecule has 3 aromatic rings. The Kier molecular flexibility index (Phi) is 4.12. The Morgan fingerprint density at radius 1 is 0.636 bits per heavy atom. The monoisotopic (exact) mass is 509 g/mol. The summed E-state index contributed by atoms with van der Waals surface area (Å²) in [5.74, 6) is 0. The van der Waals surface area contributed by atoms with Gasteiger partial charge in [-0.25, -0.2) is 0 Å². The predicted octanol–water partition coefficient (Wildman–Crippen LogP) is 4.42. The summed E-state index contributed by atoms with van der Waals surface area (Å²) in [6, 6.07) is 14.4. The second-order valence-corrected chi connectivity index (χ2v) is 37.5. The van der Waals surface area contributed by atoms with Crippen LogP contribution in [0.25, 0.3) is 21.8 Å². The van der Waals surface area contributed by atoms with E-state index in [0.717, 1.165) is 0 Å². The molecule has 0 fully saturated rings. The number of benzene rings is 2. The molecule has 0 saturated heterocycles. The molecular weight excluding hydrogens is 480 g/mol. The Hall–Kier alpha value is -0.163. The van der Waals surface area contributed by atoms with Crippen LogP contribution >= 0.6 is 0 Å². The van der Waals surface area contributed by atoms with Crippen molar-refractivity contribution in [2.24, 2.45) is 7.05 Å². The van der Waals surface area contributed by atoms with Crippen LogP contribution in [0.4, 0.5) is 0 Å². The molecule has 1 heterocycles. The standard InChI is InChI=1S/C13H9N.6CH3.2Sn/c1-14-12-8-4-2-6-10(12)11-7-3-5-9-13(11)14;;;;;;;;/h2-3,6-9H,1H3;6*1H3;;. The summed E-state index contributed by atoms with van der Waals surface area (Å²) in [6.45, 7) is 0. The summed E-state index contributed by atoms with van der Waals surface area (Å²) in [7, 11) is 2.23. The van der Waals surface area contributed by atoms with Crippen LogP contribution in [0.5, 0.6) is 0 Å². The van der Waals surface area contributed by atoms with E-state index < -0.39 is 36.8 Å². The number of hydrogen-bond acceptors (Lipinski definition) is 0. The van der Waals surface area contributed by atoms with Crippen LogP contribution in [0, 0.1) is 0 Å². The van der Waals surface area contributed by atoms with Crippen molar-refractivity contribution in [3.63, 3.8) is 0 Å². The van der Waals surface area contributed by atoms with Gasteiger partial charge in [-0.3, -0.25) is 0 Å². The molecule has 0 unspecified atom stereocenters. The van der Waals surface area contributed by atoms with Crippen molar-refractivity contribution >= 4 is 65.7 Å². The molecule has 0 bridgehead atoms. The fraction of sp³-hybridized carbons (Fsp3) is 0.368. The number of hydrogen-bond donors (Lipinski definition) is 0. The molecule has 0 aliphatic heterocycles. The molecule has 3 rings (SSSR count). The number of rotatable bonds is 2. The Labute approximate surface area is 142 Å². The second kappa shape index (κ2) is 5.44. The van der Waals surface area contributed by atoms with Gasteiger partial charge in [-0.1, -0.05) is 0 Å². The molecule has 22 heavy (non-hydrogen) atoms. The summed E-state index contributed by atoms with van der Waals surface area (Å²) in [6.07, 6.45) is 0. The molecule has 116 valence electrons. The number of fused-ring (bicyclic) bond motifs is 3. The first-order valence-corrected chi connectivity index (χ1v) is 28.1. The molecule has 1 nitrogen and oxygen atoms in total. The van der Waals surface area contributed by atoms with E-state index in [2.05, 4.69) is 77.7 Å². The SMILES string of the molecule is Cn1c2c[c]([Sn]([CH3])([CH3])[CH3])ccc2c2cc[c]([Sn]([CH3])([CH3])[CH3])cc21. The van der Waals surface area contributed by atoms with Gasteiger partial charge in [-0.15, -0.1) is 0 Å². The first-order valence-electron chi connectivity index (χ1n) is 8.12. The maximum absolute atomic E-state index is 2.49. The Bertz CT molecular complexity index is 790. The van der Waals surface area contributed by atoms with E-state index in [1.165, 1.54) is 21.8 Å². The van der Waals surface area contributed by atoms with Crippen LogP contribution < -0.4 is 7.16 Å². The molecule has 0 saturated carbocycles. The molecule has 0 amide bonds. The van der Waals surface area contributed by atoms with Gasteiger partial charge < -0.3 is 0 Å². The third-order valence-corrected chi connectivity index (χ3v) is 16.4. The zero-order valence-electron chi connectivity index (χ0n) is 14.9. The average molecular weight is 507 g/mol. The van der Waals surface area contributed by atoms with Gasteiger partial charge in [0.25, 0.3) is 0 Å². The van der Waals surface area contributed by atoms with E-state index in [9.17, 15) is 0 Å². The van der Waals surface area contributed by atoms with Crippen LogP contribution in [0.3, 0.4) is 0 Å². The Balaban J connectivity index is 2.33. The van der Waals surface area contributed by atoms with E-state index in [1.807, 2.05) is 0 Å². The zero-order valence-corrected chi connectivity index (χ0v) is 20.6. The molecule has 0 N–H and O–H groups in total. The summed E-state index contributed by atoms with van der Waals surface area (Å²) in [5.41, 5.74) is 2.81. The average Bonchev–Trinajstić information content (AvgIpc) is 2.70. The van der Waals surface area contributed by atoms with Crippen molar-refractivity contribution in [3.05, 3.63) is 36.4 Å². The third kappa shape index (κ3) is 2.83. The third-order valence-electron chi connectivity index (χ3n) is 4.74. The molecule has 1 aromatic heterocycles. The summed E-state index contributed by atoms with van der Waals surface area (Å²) < 4.78 is 5.64. The van der Waals surface area contributed by atoms with Crippen LogP contribution in [0.1, 0.15) is 0 Å². The molecule has 2 aromatic carbocycles. The Morgan fingerprint density at radius 2 is 1.00 bits per heavy atom. The topological polar surface area (TPSA) is 4.93 Å². The van der Waals surface area contributed by atoms with Gasteiger partial charge in [0.15, 0.2) is 0 Å². The number of nitrogens with zero attached hydrogens (tertiary/aromatic N) is 1. The molecule has 3 heteroatoms. The van der Waals surface area contributed by atoms with Gasteiger partial charge in [0.2, 0.25) is 0 Å². The van der Waals surface area contributed by atoms with E-state index in [0.29, 0.717) is 0 Å². The molecular formula is C19H27NSn2. The minimum absolute atomic E-state index is 1.40. The molecule has 0 aliphatic carbocycles. The van der Waals surface area contributed by atoms with Crippen LogP contribution in [-0.2, 0) is 7.05 Å². The maximum atomic E-state index is 2.49. The predicted molar refractivity (Wildman–Crippen MR) is 106 cm³/mol. The number of aryl methyl sites for hydroxylation is 1. The zero-order chi connectivity index (χ0) is 16.3. The van der Waals surface area contributed by atoms with E-state index in [4.69, 9.17) is 0 Å². The summed E-state index contributed by atoms with van der Waals surface area (Å²) in [5, 5.41) is 2.82. The molecule has 0 radical (unpaired) electrons. The van der Waals surface area contributed by atoms with Gasteiger partial charge in [0, 0.05) is 0 Å². The molecule has 0 aliphatic rings. The normalized spacial score (nSPS) is 13.2. The van der Waals surface area contributed by atoms with Gasteiger partial charge in [-0.2, -0.15) is 0 Å². The van der Waals surface area contributed by atoms with Crippen molar-refractivity contribution in [1.29, 1.82) is 0 Å².